The van der Waals surface area contributed by atoms with E-state index in [-0.39, 0.29) is 0 Å². The predicted octanol–water partition coefficient (Wildman–Crippen LogP) is 4.83. The second kappa shape index (κ2) is 5.71. The van der Waals surface area contributed by atoms with Crippen molar-refractivity contribution in [1.82, 2.24) is 0 Å². The molecule has 0 amide bonds. The van der Waals surface area contributed by atoms with Crippen LogP contribution in [0, 0.1) is 0 Å². The van der Waals surface area contributed by atoms with Crippen LogP contribution < -0.4 is 4.43 Å². The Morgan fingerprint density at radius 2 is 1.93 bits per heavy atom. The Kier molecular flexibility index (Phi) is 4.86. The molecule has 1 rings (SSSR count). The normalized spacial score (nSPS) is 11.5. The van der Waals surface area contributed by atoms with Gasteiger partial charge in [-0.15, -0.1) is 0 Å². The van der Waals surface area contributed by atoms with Crippen molar-refractivity contribution in [3.63, 3.8) is 0 Å². The summed E-state index contributed by atoms with van der Waals surface area (Å²) in [7, 11) is -1.53. The number of hydrogen-bond donors (Lipinski definition) is 0. The van der Waals surface area contributed by atoms with Gasteiger partial charge in [0.2, 0.25) is 8.32 Å². The Hall–Kier alpha value is -0.283. The van der Waals surface area contributed by atoms with Crippen LogP contribution in [0.25, 0.3) is 0 Å². The molecule has 1 nitrogen and oxygen atoms in total. The van der Waals surface area contributed by atoms with Gasteiger partial charge in [0.15, 0.2) is 0 Å². The molecular weight excluding hydrogens is 268 g/mol. The minimum Gasteiger partial charge on any atom is -0.543 e. The van der Waals surface area contributed by atoms with Gasteiger partial charge in [-0.1, -0.05) is 31.9 Å². The van der Waals surface area contributed by atoms with Crippen LogP contribution >= 0.6 is 15.9 Å². The smallest absolute Gasteiger partial charge is 0.245 e. The molecule has 0 spiro atoms. The van der Waals surface area contributed by atoms with Gasteiger partial charge in [0.25, 0.3) is 0 Å². The highest BCUT2D eigenvalue weighted by molar-refractivity contribution is 9.10. The lowest BCUT2D eigenvalue weighted by atomic mass is 10.3. The van der Waals surface area contributed by atoms with Gasteiger partial charge in [-0.3, -0.25) is 0 Å². The molecule has 0 saturated heterocycles. The lowest BCUT2D eigenvalue weighted by Crippen LogP contribution is -2.33. The quantitative estimate of drug-likeness (QED) is 0.705. The van der Waals surface area contributed by atoms with Crippen LogP contribution in [0.15, 0.2) is 28.7 Å². The van der Waals surface area contributed by atoms with E-state index in [4.69, 9.17) is 4.43 Å². The number of para-hydroxylation sites is 1. The van der Waals surface area contributed by atoms with E-state index >= 15 is 0 Å². The third-order valence-electron chi connectivity index (χ3n) is 2.36. The average Bonchev–Trinajstić information content (AvgIpc) is 2.18. The number of halogens is 1. The summed E-state index contributed by atoms with van der Waals surface area (Å²) in [6, 6.07) is 9.32. The lowest BCUT2D eigenvalue weighted by molar-refractivity contribution is 0.539. The van der Waals surface area contributed by atoms with Crippen LogP contribution in [-0.2, 0) is 0 Å². The second-order valence-electron chi connectivity index (χ2n) is 4.40. The molecule has 0 aliphatic rings. The van der Waals surface area contributed by atoms with Crippen molar-refractivity contribution < 1.29 is 4.43 Å². The molecule has 0 heterocycles. The SMILES string of the molecule is CCCC[Si](C)(C)Oc1ccccc1Br. The monoisotopic (exact) mass is 286 g/mol. The zero-order valence-electron chi connectivity index (χ0n) is 9.72. The van der Waals surface area contributed by atoms with Crippen molar-refractivity contribution in [2.45, 2.75) is 38.9 Å². The molecule has 0 aliphatic carbocycles. The fraction of sp³-hybridized carbons (Fsp3) is 0.500. The fourth-order valence-electron chi connectivity index (χ4n) is 1.48. The summed E-state index contributed by atoms with van der Waals surface area (Å²) in [5.74, 6) is 0.991. The predicted molar refractivity (Wildman–Crippen MR) is 72.0 cm³/mol. The Morgan fingerprint density at radius 3 is 2.53 bits per heavy atom. The van der Waals surface area contributed by atoms with E-state index in [1.165, 1.54) is 18.9 Å². The van der Waals surface area contributed by atoms with Crippen LogP contribution in [-0.4, -0.2) is 8.32 Å². The van der Waals surface area contributed by atoms with Crippen molar-refractivity contribution in [3.05, 3.63) is 28.7 Å². The van der Waals surface area contributed by atoms with Crippen molar-refractivity contribution in [3.8, 4) is 5.75 Å². The summed E-state index contributed by atoms with van der Waals surface area (Å²) in [6.07, 6.45) is 2.51. The van der Waals surface area contributed by atoms with E-state index in [0.717, 1.165) is 10.2 Å². The zero-order valence-corrected chi connectivity index (χ0v) is 12.3. The van der Waals surface area contributed by atoms with E-state index in [1.807, 2.05) is 24.3 Å². The highest BCUT2D eigenvalue weighted by Crippen LogP contribution is 2.28. The van der Waals surface area contributed by atoms with Crippen LogP contribution in [0.5, 0.6) is 5.75 Å². The third-order valence-corrected chi connectivity index (χ3v) is 5.34. The van der Waals surface area contributed by atoms with E-state index in [2.05, 4.69) is 35.9 Å². The van der Waals surface area contributed by atoms with Gasteiger partial charge in [0.1, 0.15) is 5.75 Å². The highest BCUT2D eigenvalue weighted by atomic mass is 79.9. The molecule has 3 heteroatoms. The standard InChI is InChI=1S/C12H19BrOSi/c1-4-5-10-15(2,3)14-12-9-7-6-8-11(12)13/h6-9H,4-5,10H2,1-3H3. The average molecular weight is 287 g/mol. The van der Waals surface area contributed by atoms with E-state index < -0.39 is 8.32 Å². The topological polar surface area (TPSA) is 9.23 Å². The first-order valence-corrected chi connectivity index (χ1v) is 9.39. The van der Waals surface area contributed by atoms with E-state index in [1.54, 1.807) is 0 Å². The van der Waals surface area contributed by atoms with Crippen molar-refractivity contribution in [1.29, 1.82) is 0 Å². The van der Waals surface area contributed by atoms with Crippen LogP contribution in [0.3, 0.4) is 0 Å². The van der Waals surface area contributed by atoms with Crippen molar-refractivity contribution >= 4 is 24.2 Å². The summed E-state index contributed by atoms with van der Waals surface area (Å²) in [6.45, 7) is 6.78. The van der Waals surface area contributed by atoms with Gasteiger partial charge >= 0.3 is 0 Å². The van der Waals surface area contributed by atoms with Crippen LogP contribution in [0.2, 0.25) is 19.1 Å². The molecule has 0 aliphatic heterocycles. The first-order chi connectivity index (χ1) is 7.05. The van der Waals surface area contributed by atoms with Gasteiger partial charge in [-0.25, -0.2) is 0 Å². The molecule has 0 N–H and O–H groups in total. The molecule has 0 atom stereocenters. The lowest BCUT2D eigenvalue weighted by Gasteiger charge is -2.24. The summed E-state index contributed by atoms with van der Waals surface area (Å²) >= 11 is 3.51. The molecular formula is C12H19BrOSi. The molecule has 0 radical (unpaired) electrons. The van der Waals surface area contributed by atoms with Gasteiger partial charge in [0, 0.05) is 0 Å². The van der Waals surface area contributed by atoms with Crippen molar-refractivity contribution in [2.75, 3.05) is 0 Å². The maximum Gasteiger partial charge on any atom is 0.245 e. The minimum absolute atomic E-state index is 0.991. The molecule has 0 fully saturated rings. The first kappa shape index (κ1) is 12.8. The summed E-state index contributed by atoms with van der Waals surface area (Å²) in [4.78, 5) is 0. The number of benzene rings is 1. The zero-order chi connectivity index (χ0) is 11.3. The van der Waals surface area contributed by atoms with Gasteiger partial charge in [-0.05, 0) is 47.2 Å². The molecule has 0 saturated carbocycles. The summed E-state index contributed by atoms with van der Waals surface area (Å²) in [5.41, 5.74) is 0. The van der Waals surface area contributed by atoms with E-state index in [9.17, 15) is 0 Å². The Balaban J connectivity index is 2.64. The van der Waals surface area contributed by atoms with Crippen LogP contribution in [0.4, 0.5) is 0 Å². The maximum absolute atomic E-state index is 6.13. The van der Waals surface area contributed by atoms with Gasteiger partial charge in [0.05, 0.1) is 4.47 Å². The largest absolute Gasteiger partial charge is 0.543 e. The number of unbranched alkanes of at least 4 members (excludes halogenated alkanes) is 1. The van der Waals surface area contributed by atoms with Gasteiger partial charge < -0.3 is 4.43 Å². The first-order valence-electron chi connectivity index (χ1n) is 5.49. The Bertz CT molecular complexity index is 312. The van der Waals surface area contributed by atoms with Crippen LogP contribution in [0.1, 0.15) is 19.8 Å². The highest BCUT2D eigenvalue weighted by Gasteiger charge is 2.24. The number of hydrogen-bond acceptors (Lipinski definition) is 1. The Morgan fingerprint density at radius 1 is 1.27 bits per heavy atom. The fourth-order valence-corrected chi connectivity index (χ4v) is 4.07. The van der Waals surface area contributed by atoms with Gasteiger partial charge in [-0.2, -0.15) is 0 Å². The molecule has 0 aromatic heterocycles. The molecule has 84 valence electrons. The Labute approximate surface area is 102 Å². The summed E-state index contributed by atoms with van der Waals surface area (Å²) < 4.78 is 7.18. The molecule has 1 aromatic carbocycles. The minimum atomic E-state index is -1.53. The third kappa shape index (κ3) is 4.39. The second-order valence-corrected chi connectivity index (χ2v) is 9.47. The van der Waals surface area contributed by atoms with E-state index in [0.29, 0.717) is 0 Å². The maximum atomic E-state index is 6.13. The molecule has 1 aromatic rings. The molecule has 15 heavy (non-hydrogen) atoms. The number of rotatable bonds is 5. The van der Waals surface area contributed by atoms with Crippen molar-refractivity contribution in [2.24, 2.45) is 0 Å². The summed E-state index contributed by atoms with van der Waals surface area (Å²) in [5, 5.41) is 0. The molecule has 0 unspecified atom stereocenters. The molecule has 0 bridgehead atoms.